The molecule has 0 spiro atoms. The first-order valence-electron chi connectivity index (χ1n) is 9.10. The van der Waals surface area contributed by atoms with Crippen molar-refractivity contribution >= 4 is 23.5 Å². The van der Waals surface area contributed by atoms with Gasteiger partial charge in [0.1, 0.15) is 11.8 Å². The highest BCUT2D eigenvalue weighted by Gasteiger charge is 2.50. The van der Waals surface area contributed by atoms with Crippen molar-refractivity contribution in [3.8, 4) is 5.75 Å². The summed E-state index contributed by atoms with van der Waals surface area (Å²) >= 11 is 0. The maximum atomic E-state index is 13.2. The molecule has 140 valence electrons. The molecule has 0 saturated carbocycles. The Balaban J connectivity index is 1.90. The summed E-state index contributed by atoms with van der Waals surface area (Å²) in [4.78, 5) is 41.3. The van der Waals surface area contributed by atoms with Gasteiger partial charge in [-0.25, -0.2) is 9.69 Å². The van der Waals surface area contributed by atoms with Crippen molar-refractivity contribution in [2.24, 2.45) is 5.92 Å². The molecule has 2 heterocycles. The minimum absolute atomic E-state index is 0.00223. The molecule has 2 aliphatic rings. The van der Waals surface area contributed by atoms with Crippen LogP contribution in [0.4, 0.5) is 10.5 Å². The van der Waals surface area contributed by atoms with Gasteiger partial charge in [0.05, 0.1) is 18.8 Å². The van der Waals surface area contributed by atoms with Crippen LogP contribution in [0.2, 0.25) is 0 Å². The van der Waals surface area contributed by atoms with Gasteiger partial charge in [-0.1, -0.05) is 19.9 Å². The molecular formula is C19H25N3O4. The highest BCUT2D eigenvalue weighted by molar-refractivity contribution is 6.19. The van der Waals surface area contributed by atoms with E-state index >= 15 is 0 Å². The van der Waals surface area contributed by atoms with Gasteiger partial charge in [0.2, 0.25) is 5.91 Å². The molecule has 2 fully saturated rings. The van der Waals surface area contributed by atoms with Gasteiger partial charge in [-0.05, 0) is 31.4 Å². The number of hydrogen-bond donors (Lipinski definition) is 1. The minimum Gasteiger partial charge on any atom is -0.497 e. The summed E-state index contributed by atoms with van der Waals surface area (Å²) in [6.07, 6.45) is 2.08. The zero-order valence-electron chi connectivity index (χ0n) is 15.4. The van der Waals surface area contributed by atoms with Gasteiger partial charge in [-0.15, -0.1) is 0 Å². The lowest BCUT2D eigenvalue weighted by atomic mass is 9.99. The predicted octanol–water partition coefficient (Wildman–Crippen LogP) is 2.16. The lowest BCUT2D eigenvalue weighted by molar-refractivity contribution is -0.141. The van der Waals surface area contributed by atoms with Gasteiger partial charge in [-0.2, -0.15) is 0 Å². The van der Waals surface area contributed by atoms with E-state index in [1.807, 2.05) is 13.8 Å². The van der Waals surface area contributed by atoms with Gasteiger partial charge in [-0.3, -0.25) is 9.59 Å². The largest absolute Gasteiger partial charge is 0.497 e. The highest BCUT2D eigenvalue weighted by atomic mass is 16.5. The van der Waals surface area contributed by atoms with Crippen LogP contribution in [0.5, 0.6) is 5.75 Å². The summed E-state index contributed by atoms with van der Waals surface area (Å²) in [5.41, 5.74) is 0.437. The van der Waals surface area contributed by atoms with Crippen LogP contribution in [0.15, 0.2) is 24.3 Å². The second kappa shape index (κ2) is 7.35. The average Bonchev–Trinajstić information content (AvgIpc) is 3.06. The van der Waals surface area contributed by atoms with E-state index in [0.29, 0.717) is 24.4 Å². The topological polar surface area (TPSA) is 79.0 Å². The summed E-state index contributed by atoms with van der Waals surface area (Å²) in [5, 5.41) is 2.89. The number of rotatable bonds is 5. The first kappa shape index (κ1) is 18.2. The number of carbonyl (C=O) groups excluding carboxylic acids is 3. The van der Waals surface area contributed by atoms with E-state index < -0.39 is 12.1 Å². The average molecular weight is 359 g/mol. The van der Waals surface area contributed by atoms with Crippen molar-refractivity contribution in [1.29, 1.82) is 0 Å². The number of nitrogens with zero attached hydrogens (tertiary/aromatic N) is 2. The lowest BCUT2D eigenvalue weighted by Gasteiger charge is -2.37. The van der Waals surface area contributed by atoms with Crippen molar-refractivity contribution in [2.75, 3.05) is 18.6 Å². The van der Waals surface area contributed by atoms with Crippen LogP contribution in [-0.2, 0) is 9.59 Å². The number of hydrogen-bond acceptors (Lipinski definition) is 4. The van der Waals surface area contributed by atoms with Crippen molar-refractivity contribution in [3.63, 3.8) is 0 Å². The van der Waals surface area contributed by atoms with E-state index in [1.165, 1.54) is 7.11 Å². The van der Waals surface area contributed by atoms with Gasteiger partial charge < -0.3 is 15.0 Å². The Kier molecular flexibility index (Phi) is 5.15. The van der Waals surface area contributed by atoms with Crippen molar-refractivity contribution < 1.29 is 19.1 Å². The second-order valence-electron chi connectivity index (χ2n) is 6.71. The fraction of sp³-hybridized carbons (Fsp3) is 0.526. The Labute approximate surface area is 153 Å². The number of ether oxygens (including phenoxy) is 1. The SMILES string of the molecule is CCC(CC)C(=O)N1CCC2NC(=O)N(c3cccc(OC)c3)C(=O)C21. The van der Waals surface area contributed by atoms with E-state index in [9.17, 15) is 14.4 Å². The molecule has 1 aromatic carbocycles. The number of amides is 4. The highest BCUT2D eigenvalue weighted by Crippen LogP contribution is 2.30. The lowest BCUT2D eigenvalue weighted by Crippen LogP contribution is -2.65. The van der Waals surface area contributed by atoms with Crippen molar-refractivity contribution in [2.45, 2.75) is 45.2 Å². The zero-order valence-corrected chi connectivity index (χ0v) is 15.4. The van der Waals surface area contributed by atoms with Crippen molar-refractivity contribution in [3.05, 3.63) is 24.3 Å². The van der Waals surface area contributed by atoms with E-state index in [2.05, 4.69) is 5.32 Å². The number of benzene rings is 1. The Morgan fingerprint density at radius 2 is 2.04 bits per heavy atom. The van der Waals surface area contributed by atoms with Gasteiger partial charge in [0.15, 0.2) is 0 Å². The maximum absolute atomic E-state index is 13.2. The van der Waals surface area contributed by atoms with Crippen LogP contribution >= 0.6 is 0 Å². The fourth-order valence-electron chi connectivity index (χ4n) is 3.82. The van der Waals surface area contributed by atoms with Gasteiger partial charge in [0, 0.05) is 18.5 Å². The molecule has 2 unspecified atom stereocenters. The number of methoxy groups -OCH3 is 1. The van der Waals surface area contributed by atoms with Crippen LogP contribution in [0, 0.1) is 5.92 Å². The monoisotopic (exact) mass is 359 g/mol. The quantitative estimate of drug-likeness (QED) is 0.874. The number of imide groups is 1. The number of carbonyl (C=O) groups is 3. The van der Waals surface area contributed by atoms with Crippen LogP contribution in [0.3, 0.4) is 0 Å². The first-order chi connectivity index (χ1) is 12.5. The zero-order chi connectivity index (χ0) is 18.8. The third-order valence-electron chi connectivity index (χ3n) is 5.31. The first-order valence-corrected chi connectivity index (χ1v) is 9.10. The molecule has 0 radical (unpaired) electrons. The minimum atomic E-state index is -0.646. The Morgan fingerprint density at radius 3 is 2.69 bits per heavy atom. The molecule has 0 aromatic heterocycles. The Morgan fingerprint density at radius 1 is 1.31 bits per heavy atom. The normalized spacial score (nSPS) is 22.5. The summed E-state index contributed by atoms with van der Waals surface area (Å²) in [6, 6.07) is 5.37. The van der Waals surface area contributed by atoms with Crippen LogP contribution in [-0.4, -0.2) is 48.5 Å². The second-order valence-corrected chi connectivity index (χ2v) is 6.71. The van der Waals surface area contributed by atoms with Crippen LogP contribution < -0.4 is 15.0 Å². The van der Waals surface area contributed by atoms with E-state index in [-0.39, 0.29) is 23.8 Å². The molecule has 2 aliphatic heterocycles. The van der Waals surface area contributed by atoms with Crippen LogP contribution in [0.1, 0.15) is 33.1 Å². The van der Waals surface area contributed by atoms with E-state index in [1.54, 1.807) is 29.2 Å². The molecule has 26 heavy (non-hydrogen) atoms. The summed E-state index contributed by atoms with van der Waals surface area (Å²) in [5.74, 6) is 0.104. The third-order valence-corrected chi connectivity index (χ3v) is 5.31. The molecule has 0 bridgehead atoms. The molecule has 0 aliphatic carbocycles. The number of nitrogens with one attached hydrogen (secondary N) is 1. The molecule has 1 aromatic rings. The standard InChI is InChI=1S/C19H25N3O4/c1-4-12(5-2)17(23)21-10-9-15-16(21)18(24)22(19(25)20-15)13-7-6-8-14(11-13)26-3/h6-8,11-12,15-16H,4-5,9-10H2,1-3H3,(H,20,25). The predicted molar refractivity (Wildman–Crippen MR) is 97.0 cm³/mol. The number of likely N-dealkylation sites (tertiary alicyclic amines) is 1. The smallest absolute Gasteiger partial charge is 0.329 e. The van der Waals surface area contributed by atoms with Gasteiger partial charge >= 0.3 is 6.03 Å². The third kappa shape index (κ3) is 3.02. The molecular weight excluding hydrogens is 334 g/mol. The molecule has 2 saturated heterocycles. The maximum Gasteiger partial charge on any atom is 0.329 e. The van der Waals surface area contributed by atoms with Crippen LogP contribution in [0.25, 0.3) is 0 Å². The summed E-state index contributed by atoms with van der Waals surface area (Å²) < 4.78 is 5.19. The molecule has 3 rings (SSSR count). The number of fused-ring (bicyclic) bond motifs is 1. The fourth-order valence-corrected chi connectivity index (χ4v) is 3.82. The van der Waals surface area contributed by atoms with E-state index in [4.69, 9.17) is 4.74 Å². The molecule has 2 atom stereocenters. The molecule has 7 heteroatoms. The molecule has 4 amide bonds. The van der Waals surface area contributed by atoms with Gasteiger partial charge in [0.25, 0.3) is 5.91 Å². The number of urea groups is 1. The summed E-state index contributed by atoms with van der Waals surface area (Å²) in [7, 11) is 1.53. The Hall–Kier alpha value is -2.57. The number of anilines is 1. The summed E-state index contributed by atoms with van der Waals surface area (Å²) in [6.45, 7) is 4.45. The van der Waals surface area contributed by atoms with E-state index in [0.717, 1.165) is 17.7 Å². The van der Waals surface area contributed by atoms with Crippen molar-refractivity contribution in [1.82, 2.24) is 10.2 Å². The Bertz CT molecular complexity index is 716. The molecule has 7 nitrogen and oxygen atoms in total. The molecule has 1 N–H and O–H groups in total.